The lowest BCUT2D eigenvalue weighted by molar-refractivity contribution is 0.179. The van der Waals surface area contributed by atoms with Gasteiger partial charge in [-0.1, -0.05) is 0 Å². The molecule has 0 amide bonds. The van der Waals surface area contributed by atoms with E-state index in [0.717, 1.165) is 0 Å². The van der Waals surface area contributed by atoms with Gasteiger partial charge in [0.05, 0.1) is 17.6 Å². The topological polar surface area (TPSA) is 63.6 Å². The van der Waals surface area contributed by atoms with E-state index >= 15 is 0 Å². The molecule has 1 aliphatic heterocycles. The molecule has 1 aliphatic rings. The third-order valence-electron chi connectivity index (χ3n) is 2.91. The Hall–Kier alpha value is -1.14. The van der Waals surface area contributed by atoms with Crippen molar-refractivity contribution in [2.24, 2.45) is 0 Å². The first kappa shape index (κ1) is 13.3. The van der Waals surface area contributed by atoms with E-state index in [-0.39, 0.29) is 17.3 Å². The maximum Gasteiger partial charge on any atom is 0.154 e. The van der Waals surface area contributed by atoms with Crippen molar-refractivity contribution in [3.8, 4) is 5.75 Å². The molecule has 0 radical (unpaired) electrons. The van der Waals surface area contributed by atoms with E-state index < -0.39 is 27.9 Å². The van der Waals surface area contributed by atoms with Crippen molar-refractivity contribution in [1.82, 2.24) is 0 Å². The van der Waals surface area contributed by atoms with Crippen LogP contribution in [0.25, 0.3) is 0 Å². The van der Waals surface area contributed by atoms with Crippen LogP contribution in [0.3, 0.4) is 0 Å². The summed E-state index contributed by atoms with van der Waals surface area (Å²) in [5.74, 6) is -0.220. The van der Waals surface area contributed by atoms with Gasteiger partial charge in [-0.05, 0) is 25.5 Å². The average molecular weight is 274 g/mol. The van der Waals surface area contributed by atoms with E-state index in [4.69, 9.17) is 4.74 Å². The molecule has 1 N–H and O–H groups in total. The highest BCUT2D eigenvalue weighted by atomic mass is 32.2. The molecule has 0 bridgehead atoms. The van der Waals surface area contributed by atoms with Gasteiger partial charge in [-0.15, -0.1) is 0 Å². The first-order chi connectivity index (χ1) is 8.37. The second-order valence-corrected chi connectivity index (χ2v) is 6.73. The number of sulfone groups is 1. The highest BCUT2D eigenvalue weighted by Gasteiger charge is 2.30. The number of aliphatic hydroxyl groups excluding tert-OH is 1. The molecule has 6 heteroatoms. The van der Waals surface area contributed by atoms with E-state index in [1.807, 2.05) is 0 Å². The second-order valence-electron chi connectivity index (χ2n) is 4.50. The Balaban J connectivity index is 2.21. The molecule has 1 heterocycles. The predicted molar refractivity (Wildman–Crippen MR) is 64.7 cm³/mol. The Labute approximate surface area is 105 Å². The number of ether oxygens (including phenoxy) is 1. The van der Waals surface area contributed by atoms with Crippen LogP contribution >= 0.6 is 0 Å². The lowest BCUT2D eigenvalue weighted by Gasteiger charge is -2.17. The van der Waals surface area contributed by atoms with Crippen LogP contribution < -0.4 is 4.74 Å². The molecule has 0 aliphatic carbocycles. The monoisotopic (exact) mass is 274 g/mol. The normalized spacial score (nSPS) is 23.8. The van der Waals surface area contributed by atoms with Crippen LogP contribution in [0.4, 0.5) is 4.39 Å². The van der Waals surface area contributed by atoms with Gasteiger partial charge >= 0.3 is 0 Å². The quantitative estimate of drug-likeness (QED) is 0.906. The zero-order valence-electron chi connectivity index (χ0n) is 9.97. The molecule has 1 aromatic carbocycles. The van der Waals surface area contributed by atoms with Crippen molar-refractivity contribution in [2.45, 2.75) is 25.6 Å². The number of hydrogen-bond acceptors (Lipinski definition) is 4. The van der Waals surface area contributed by atoms with Crippen molar-refractivity contribution >= 4 is 9.84 Å². The summed E-state index contributed by atoms with van der Waals surface area (Å²) in [5.41, 5.74) is 0.459. The average Bonchev–Trinajstić information content (AvgIpc) is 2.57. The third kappa shape index (κ3) is 3.00. The van der Waals surface area contributed by atoms with Crippen LogP contribution in [-0.2, 0) is 9.84 Å². The summed E-state index contributed by atoms with van der Waals surface area (Å²) in [7, 11) is -3.04. The molecule has 2 rings (SSSR count). The molecule has 0 saturated carbocycles. The minimum atomic E-state index is -3.04. The maximum absolute atomic E-state index is 13.2. The Morgan fingerprint density at radius 1 is 1.50 bits per heavy atom. The fourth-order valence-corrected chi connectivity index (χ4v) is 3.58. The van der Waals surface area contributed by atoms with Crippen molar-refractivity contribution in [3.05, 3.63) is 29.6 Å². The summed E-state index contributed by atoms with van der Waals surface area (Å²) in [4.78, 5) is 0. The zero-order valence-corrected chi connectivity index (χ0v) is 10.8. The van der Waals surface area contributed by atoms with Crippen LogP contribution in [0, 0.1) is 5.82 Å². The maximum atomic E-state index is 13.2. The van der Waals surface area contributed by atoms with E-state index in [9.17, 15) is 17.9 Å². The molecule has 0 aromatic heterocycles. The van der Waals surface area contributed by atoms with Gasteiger partial charge < -0.3 is 9.84 Å². The molecular weight excluding hydrogens is 259 g/mol. The molecule has 1 unspecified atom stereocenters. The number of hydrogen-bond donors (Lipinski definition) is 1. The minimum absolute atomic E-state index is 0.0528. The number of rotatable bonds is 3. The zero-order chi connectivity index (χ0) is 13.3. The Bertz CT molecular complexity index is 539. The Morgan fingerprint density at radius 3 is 2.78 bits per heavy atom. The molecule has 100 valence electrons. The minimum Gasteiger partial charge on any atom is -0.489 e. The first-order valence-corrected chi connectivity index (χ1v) is 7.54. The summed E-state index contributed by atoms with van der Waals surface area (Å²) in [6.45, 7) is 1.55. The van der Waals surface area contributed by atoms with Crippen molar-refractivity contribution < 1.29 is 22.7 Å². The number of benzene rings is 1. The van der Waals surface area contributed by atoms with Gasteiger partial charge in [0.2, 0.25) is 0 Å². The summed E-state index contributed by atoms with van der Waals surface area (Å²) in [6.07, 6.45) is -0.856. The first-order valence-electron chi connectivity index (χ1n) is 5.72. The SMILES string of the molecule is C[C@H](O)c1ccc(F)cc1OC1CCS(=O)(=O)C1. The molecular formula is C12H15FO4S. The second kappa shape index (κ2) is 4.85. The van der Waals surface area contributed by atoms with Crippen LogP contribution in [0.1, 0.15) is 25.0 Å². The summed E-state index contributed by atoms with van der Waals surface area (Å²) >= 11 is 0. The van der Waals surface area contributed by atoms with Crippen LogP contribution in [0.15, 0.2) is 18.2 Å². The summed E-state index contributed by atoms with van der Waals surface area (Å²) < 4.78 is 41.3. The van der Waals surface area contributed by atoms with E-state index in [0.29, 0.717) is 12.0 Å². The Morgan fingerprint density at radius 2 is 2.22 bits per heavy atom. The smallest absolute Gasteiger partial charge is 0.154 e. The largest absolute Gasteiger partial charge is 0.489 e. The number of aliphatic hydroxyl groups is 1. The van der Waals surface area contributed by atoms with Gasteiger partial charge in [-0.3, -0.25) is 0 Å². The van der Waals surface area contributed by atoms with Gasteiger partial charge in [0.25, 0.3) is 0 Å². The standard InChI is InChI=1S/C12H15FO4S/c1-8(14)11-3-2-9(13)6-12(11)17-10-4-5-18(15,16)7-10/h2-3,6,8,10,14H,4-5,7H2,1H3/t8-,10?/m0/s1. The van der Waals surface area contributed by atoms with Crippen LogP contribution in [-0.4, -0.2) is 31.1 Å². The van der Waals surface area contributed by atoms with E-state index in [1.165, 1.54) is 18.2 Å². The molecule has 18 heavy (non-hydrogen) atoms. The third-order valence-corrected chi connectivity index (χ3v) is 4.65. The van der Waals surface area contributed by atoms with Gasteiger partial charge in [0, 0.05) is 11.6 Å². The lowest BCUT2D eigenvalue weighted by atomic mass is 10.1. The highest BCUT2D eigenvalue weighted by molar-refractivity contribution is 7.91. The summed E-state index contributed by atoms with van der Waals surface area (Å²) in [6, 6.07) is 3.85. The molecule has 4 nitrogen and oxygen atoms in total. The lowest BCUT2D eigenvalue weighted by Crippen LogP contribution is -2.18. The van der Waals surface area contributed by atoms with Crippen LogP contribution in [0.5, 0.6) is 5.75 Å². The Kier molecular flexibility index (Phi) is 3.59. The fourth-order valence-electron chi connectivity index (χ4n) is 1.99. The van der Waals surface area contributed by atoms with Gasteiger partial charge in [-0.25, -0.2) is 12.8 Å². The molecule has 2 atom stereocenters. The van der Waals surface area contributed by atoms with Crippen molar-refractivity contribution in [1.29, 1.82) is 0 Å². The highest BCUT2D eigenvalue weighted by Crippen LogP contribution is 2.28. The van der Waals surface area contributed by atoms with Gasteiger partial charge in [-0.2, -0.15) is 0 Å². The summed E-state index contributed by atoms with van der Waals surface area (Å²) in [5, 5.41) is 9.55. The molecule has 1 saturated heterocycles. The van der Waals surface area contributed by atoms with Gasteiger partial charge in [0.15, 0.2) is 9.84 Å². The molecule has 1 aromatic rings. The molecule has 0 spiro atoms. The predicted octanol–water partition coefficient (Wildman–Crippen LogP) is 1.44. The van der Waals surface area contributed by atoms with Gasteiger partial charge in [0.1, 0.15) is 17.7 Å². The van der Waals surface area contributed by atoms with E-state index in [1.54, 1.807) is 6.92 Å². The van der Waals surface area contributed by atoms with Crippen molar-refractivity contribution in [2.75, 3.05) is 11.5 Å². The fraction of sp³-hybridized carbons (Fsp3) is 0.500. The molecule has 1 fully saturated rings. The van der Waals surface area contributed by atoms with E-state index in [2.05, 4.69) is 0 Å². The number of halogens is 1. The van der Waals surface area contributed by atoms with Crippen LogP contribution in [0.2, 0.25) is 0 Å². The van der Waals surface area contributed by atoms with Crippen molar-refractivity contribution in [3.63, 3.8) is 0 Å².